The second-order valence-electron chi connectivity index (χ2n) is 6.42. The van der Waals surface area contributed by atoms with Crippen molar-refractivity contribution >= 4 is 34.0 Å². The van der Waals surface area contributed by atoms with Gasteiger partial charge in [-0.05, 0) is 76.5 Å². The normalized spacial score (nSPS) is 13.1. The summed E-state index contributed by atoms with van der Waals surface area (Å²) in [6.45, 7) is -0.129. The molecule has 0 radical (unpaired) electrons. The summed E-state index contributed by atoms with van der Waals surface area (Å²) in [6.07, 6.45) is 5.99. The summed E-state index contributed by atoms with van der Waals surface area (Å²) in [7, 11) is 1.33. The van der Waals surface area contributed by atoms with Crippen molar-refractivity contribution in [2.24, 2.45) is 5.10 Å². The van der Waals surface area contributed by atoms with E-state index in [1.165, 1.54) is 37.3 Å². The van der Waals surface area contributed by atoms with Crippen molar-refractivity contribution in [1.29, 1.82) is 0 Å². The number of carbonyl (C=O) groups excluding carboxylic acids is 2. The Morgan fingerprint density at radius 1 is 1.14 bits per heavy atom. The second kappa shape index (κ2) is 9.50. The Kier molecular flexibility index (Phi) is 6.81. The Morgan fingerprint density at radius 2 is 1.89 bits per heavy atom. The fraction of sp³-hybridized carbons (Fsp3) is 0.286. The average Bonchev–Trinajstić information content (AvgIpc) is 2.73. The van der Waals surface area contributed by atoms with Crippen molar-refractivity contribution in [2.45, 2.75) is 25.7 Å². The fourth-order valence-electron chi connectivity index (χ4n) is 3.05. The first-order valence-electron chi connectivity index (χ1n) is 9.02. The first-order chi connectivity index (χ1) is 13.6. The number of ether oxygens (including phenoxy) is 2. The molecule has 1 aliphatic rings. The van der Waals surface area contributed by atoms with Gasteiger partial charge in [-0.15, -0.1) is 0 Å². The Labute approximate surface area is 172 Å². The van der Waals surface area contributed by atoms with E-state index in [2.05, 4.69) is 37.3 Å². The van der Waals surface area contributed by atoms with Crippen molar-refractivity contribution < 1.29 is 19.1 Å². The van der Waals surface area contributed by atoms with Crippen LogP contribution in [0.4, 0.5) is 0 Å². The molecular weight excluding hydrogens is 424 g/mol. The molecule has 28 heavy (non-hydrogen) atoms. The minimum absolute atomic E-state index is 0.129. The maximum Gasteiger partial charge on any atom is 0.337 e. The van der Waals surface area contributed by atoms with Crippen LogP contribution in [0.2, 0.25) is 0 Å². The molecule has 0 aromatic heterocycles. The van der Waals surface area contributed by atoms with E-state index in [0.29, 0.717) is 11.3 Å². The highest BCUT2D eigenvalue weighted by atomic mass is 79.9. The Morgan fingerprint density at radius 3 is 2.64 bits per heavy atom. The number of rotatable bonds is 6. The Balaban J connectivity index is 1.51. The van der Waals surface area contributed by atoms with Crippen LogP contribution in [0.1, 0.15) is 39.9 Å². The van der Waals surface area contributed by atoms with Crippen LogP contribution >= 0.6 is 15.9 Å². The molecule has 0 heterocycles. The fourth-order valence-corrected chi connectivity index (χ4v) is 3.75. The standard InChI is InChI=1S/C21H21BrN2O4/c1-27-21(26)16-8-6-14(7-9-16)12-23-24-19(25)13-28-18-11-10-15-4-2-3-5-17(15)20(18)22/h6-12H,2-5,13H2,1H3,(H,24,25). The Hall–Kier alpha value is -2.67. The van der Waals surface area contributed by atoms with E-state index in [-0.39, 0.29) is 12.5 Å². The van der Waals surface area contributed by atoms with Gasteiger partial charge >= 0.3 is 5.97 Å². The minimum atomic E-state index is -0.401. The second-order valence-corrected chi connectivity index (χ2v) is 7.21. The zero-order valence-corrected chi connectivity index (χ0v) is 17.1. The molecule has 0 saturated carbocycles. The number of fused-ring (bicyclic) bond motifs is 1. The number of hydrogen-bond donors (Lipinski definition) is 1. The topological polar surface area (TPSA) is 77.0 Å². The van der Waals surface area contributed by atoms with Crippen LogP contribution in [0, 0.1) is 0 Å². The summed E-state index contributed by atoms with van der Waals surface area (Å²) in [5, 5.41) is 3.91. The lowest BCUT2D eigenvalue weighted by Gasteiger charge is -2.19. The molecule has 0 fully saturated rings. The molecule has 3 rings (SSSR count). The molecule has 6 nitrogen and oxygen atoms in total. The van der Waals surface area contributed by atoms with Gasteiger partial charge in [-0.3, -0.25) is 4.79 Å². The van der Waals surface area contributed by atoms with Gasteiger partial charge in [0.05, 0.1) is 23.4 Å². The van der Waals surface area contributed by atoms with Gasteiger partial charge in [0.2, 0.25) is 0 Å². The smallest absolute Gasteiger partial charge is 0.337 e. The van der Waals surface area contributed by atoms with E-state index in [4.69, 9.17) is 4.74 Å². The van der Waals surface area contributed by atoms with E-state index < -0.39 is 5.97 Å². The predicted octanol–water partition coefficient (Wildman–Crippen LogP) is 3.64. The molecule has 0 atom stereocenters. The third-order valence-corrected chi connectivity index (χ3v) is 5.39. The molecule has 2 aromatic rings. The summed E-state index contributed by atoms with van der Waals surface area (Å²) < 4.78 is 11.2. The molecule has 1 aliphatic carbocycles. The third-order valence-electron chi connectivity index (χ3n) is 4.52. The van der Waals surface area contributed by atoms with Crippen LogP contribution in [0.25, 0.3) is 0 Å². The molecule has 1 amide bonds. The maximum atomic E-state index is 12.0. The lowest BCUT2D eigenvalue weighted by molar-refractivity contribution is -0.123. The molecular formula is C21H21BrN2O4. The highest BCUT2D eigenvalue weighted by molar-refractivity contribution is 9.10. The van der Waals surface area contributed by atoms with Gasteiger partial charge in [-0.2, -0.15) is 5.10 Å². The number of esters is 1. The summed E-state index contributed by atoms with van der Waals surface area (Å²) >= 11 is 3.60. The van der Waals surface area contributed by atoms with E-state index in [0.717, 1.165) is 22.9 Å². The van der Waals surface area contributed by atoms with Crippen LogP contribution in [-0.4, -0.2) is 31.8 Å². The number of hydrazone groups is 1. The number of aryl methyl sites for hydroxylation is 1. The molecule has 0 aliphatic heterocycles. The van der Waals surface area contributed by atoms with E-state index in [1.807, 2.05) is 6.07 Å². The number of hydrogen-bond acceptors (Lipinski definition) is 5. The van der Waals surface area contributed by atoms with Gasteiger partial charge in [-0.25, -0.2) is 10.2 Å². The molecule has 0 unspecified atom stereocenters. The van der Waals surface area contributed by atoms with Gasteiger partial charge < -0.3 is 9.47 Å². The van der Waals surface area contributed by atoms with Gasteiger partial charge in [0, 0.05) is 0 Å². The lowest BCUT2D eigenvalue weighted by atomic mass is 9.92. The first-order valence-corrected chi connectivity index (χ1v) is 9.81. The number of amides is 1. The quantitative estimate of drug-likeness (QED) is 0.419. The number of carbonyl (C=O) groups is 2. The predicted molar refractivity (Wildman–Crippen MR) is 110 cm³/mol. The summed E-state index contributed by atoms with van der Waals surface area (Å²) in [6, 6.07) is 10.7. The lowest BCUT2D eigenvalue weighted by Crippen LogP contribution is -2.24. The largest absolute Gasteiger partial charge is 0.483 e. The van der Waals surface area contributed by atoms with E-state index in [1.54, 1.807) is 24.3 Å². The molecule has 2 aromatic carbocycles. The van der Waals surface area contributed by atoms with Gasteiger partial charge in [0.15, 0.2) is 6.61 Å². The molecule has 0 saturated heterocycles. The van der Waals surface area contributed by atoms with Crippen molar-refractivity contribution in [2.75, 3.05) is 13.7 Å². The number of nitrogens with one attached hydrogen (secondary N) is 1. The Bertz CT molecular complexity index is 894. The number of nitrogens with zero attached hydrogens (tertiary/aromatic N) is 1. The van der Waals surface area contributed by atoms with Crippen LogP contribution in [-0.2, 0) is 22.4 Å². The van der Waals surface area contributed by atoms with Crippen LogP contribution in [0.5, 0.6) is 5.75 Å². The monoisotopic (exact) mass is 444 g/mol. The number of methoxy groups -OCH3 is 1. The van der Waals surface area contributed by atoms with Crippen molar-refractivity contribution in [3.05, 3.63) is 63.1 Å². The van der Waals surface area contributed by atoms with Gasteiger partial charge in [-0.1, -0.05) is 18.2 Å². The summed E-state index contributed by atoms with van der Waals surface area (Å²) in [5.74, 6) is -0.0903. The van der Waals surface area contributed by atoms with E-state index >= 15 is 0 Å². The number of benzene rings is 2. The third kappa shape index (κ3) is 4.98. The molecule has 1 N–H and O–H groups in total. The summed E-state index contributed by atoms with van der Waals surface area (Å²) in [5.41, 5.74) is 6.24. The minimum Gasteiger partial charge on any atom is -0.483 e. The zero-order chi connectivity index (χ0) is 19.9. The highest BCUT2D eigenvalue weighted by Crippen LogP contribution is 2.35. The van der Waals surface area contributed by atoms with Crippen molar-refractivity contribution in [3.8, 4) is 5.75 Å². The SMILES string of the molecule is COC(=O)c1ccc(C=NNC(=O)COc2ccc3c(c2Br)CCCC3)cc1. The maximum absolute atomic E-state index is 12.0. The first kappa shape index (κ1) is 20.1. The molecule has 0 bridgehead atoms. The summed E-state index contributed by atoms with van der Waals surface area (Å²) in [4.78, 5) is 23.4. The van der Waals surface area contributed by atoms with Gasteiger partial charge in [0.1, 0.15) is 5.75 Å². The molecule has 146 valence electrons. The molecule has 0 spiro atoms. The van der Waals surface area contributed by atoms with Gasteiger partial charge in [0.25, 0.3) is 5.91 Å². The average molecular weight is 445 g/mol. The highest BCUT2D eigenvalue weighted by Gasteiger charge is 2.16. The van der Waals surface area contributed by atoms with Crippen molar-refractivity contribution in [1.82, 2.24) is 5.43 Å². The van der Waals surface area contributed by atoms with Crippen LogP contribution in [0.15, 0.2) is 46.0 Å². The van der Waals surface area contributed by atoms with Crippen LogP contribution < -0.4 is 10.2 Å². The zero-order valence-electron chi connectivity index (χ0n) is 15.5. The van der Waals surface area contributed by atoms with Crippen LogP contribution in [0.3, 0.4) is 0 Å². The van der Waals surface area contributed by atoms with Crippen molar-refractivity contribution in [3.63, 3.8) is 0 Å². The molecule has 7 heteroatoms. The van der Waals surface area contributed by atoms with E-state index in [9.17, 15) is 9.59 Å². The number of halogens is 1.